The summed E-state index contributed by atoms with van der Waals surface area (Å²) in [5.74, 6) is 3.97. The summed E-state index contributed by atoms with van der Waals surface area (Å²) in [4.78, 5) is 14.4. The molecule has 1 aliphatic rings. The Morgan fingerprint density at radius 2 is 2.19 bits per heavy atom. The average molecular weight is 452 g/mol. The van der Waals surface area contributed by atoms with Crippen molar-refractivity contribution >= 4 is 34.4 Å². The van der Waals surface area contributed by atoms with E-state index < -0.39 is 0 Å². The topological polar surface area (TPSA) is 103 Å². The second kappa shape index (κ2) is 9.27. The van der Waals surface area contributed by atoms with E-state index in [1.165, 1.54) is 6.33 Å². The maximum atomic E-state index is 6.11. The molecule has 0 atom stereocenters. The van der Waals surface area contributed by atoms with Gasteiger partial charge in [0.05, 0.1) is 5.69 Å². The van der Waals surface area contributed by atoms with Crippen molar-refractivity contribution in [1.82, 2.24) is 24.8 Å². The molecule has 3 heterocycles. The van der Waals surface area contributed by atoms with Crippen molar-refractivity contribution in [3.8, 4) is 18.1 Å². The number of nitrogens with one attached hydrogen (secondary N) is 2. The van der Waals surface area contributed by atoms with Crippen LogP contribution < -0.4 is 21.1 Å². The summed E-state index contributed by atoms with van der Waals surface area (Å²) in [5.41, 5.74) is 9.57. The Morgan fingerprint density at radius 3 is 2.97 bits per heavy atom. The maximum absolute atomic E-state index is 6.11. The van der Waals surface area contributed by atoms with Crippen molar-refractivity contribution in [3.63, 3.8) is 0 Å². The van der Waals surface area contributed by atoms with Crippen LogP contribution in [-0.2, 0) is 13.0 Å². The fourth-order valence-corrected chi connectivity index (χ4v) is 4.62. The molecule has 0 saturated heterocycles. The molecule has 9 heteroatoms. The third kappa shape index (κ3) is 4.92. The van der Waals surface area contributed by atoms with Crippen LogP contribution >= 0.6 is 11.8 Å². The lowest BCUT2D eigenvalue weighted by molar-refractivity contribution is 0.322. The van der Waals surface area contributed by atoms with Gasteiger partial charge >= 0.3 is 0 Å². The van der Waals surface area contributed by atoms with Gasteiger partial charge < -0.3 is 25.7 Å². The summed E-state index contributed by atoms with van der Waals surface area (Å²) < 4.78 is 7.96. The van der Waals surface area contributed by atoms with E-state index in [-0.39, 0.29) is 5.54 Å². The van der Waals surface area contributed by atoms with Gasteiger partial charge in [-0.05, 0) is 51.4 Å². The molecule has 0 amide bonds. The van der Waals surface area contributed by atoms with Crippen LogP contribution in [0.2, 0.25) is 0 Å². The molecule has 0 spiro atoms. The highest BCUT2D eigenvalue weighted by Crippen LogP contribution is 2.39. The fourth-order valence-electron chi connectivity index (χ4n) is 3.57. The molecule has 0 radical (unpaired) electrons. The average Bonchev–Trinajstić information content (AvgIpc) is 3.09. The summed E-state index contributed by atoms with van der Waals surface area (Å²) in [7, 11) is 0. The number of anilines is 2. The number of terminal acetylenes is 1. The van der Waals surface area contributed by atoms with Crippen LogP contribution in [0.1, 0.15) is 32.8 Å². The van der Waals surface area contributed by atoms with Crippen molar-refractivity contribution in [3.05, 3.63) is 24.0 Å². The minimum atomic E-state index is 0.0719. The van der Waals surface area contributed by atoms with Gasteiger partial charge in [-0.1, -0.05) is 11.8 Å². The van der Waals surface area contributed by atoms with Crippen LogP contribution in [0.15, 0.2) is 28.5 Å². The van der Waals surface area contributed by atoms with Crippen LogP contribution in [0.4, 0.5) is 11.5 Å². The minimum Gasteiger partial charge on any atom is -0.490 e. The summed E-state index contributed by atoms with van der Waals surface area (Å²) >= 11 is 1.56. The number of nitrogens with two attached hydrogens (primary N) is 1. The number of imidazole rings is 1. The number of ether oxygens (including phenoxy) is 1. The Kier molecular flexibility index (Phi) is 6.44. The van der Waals surface area contributed by atoms with E-state index in [0.717, 1.165) is 58.8 Å². The Balaban J connectivity index is 1.68. The minimum absolute atomic E-state index is 0.0719. The molecule has 0 unspecified atom stereocenters. The van der Waals surface area contributed by atoms with E-state index in [1.807, 2.05) is 6.07 Å². The van der Waals surface area contributed by atoms with Gasteiger partial charge in [-0.3, -0.25) is 0 Å². The maximum Gasteiger partial charge on any atom is 0.175 e. The lowest BCUT2D eigenvalue weighted by Gasteiger charge is -2.21. The quantitative estimate of drug-likeness (QED) is 0.371. The molecule has 2 aromatic heterocycles. The van der Waals surface area contributed by atoms with Gasteiger partial charge in [-0.25, -0.2) is 15.0 Å². The lowest BCUT2D eigenvalue weighted by atomic mass is 10.1. The van der Waals surface area contributed by atoms with Gasteiger partial charge in [-0.2, -0.15) is 0 Å². The number of nitrogen functional groups attached to an aromatic ring is 1. The van der Waals surface area contributed by atoms with Gasteiger partial charge in [0, 0.05) is 29.9 Å². The van der Waals surface area contributed by atoms with Crippen molar-refractivity contribution in [2.45, 2.75) is 55.7 Å². The molecule has 4 rings (SSSR count). The zero-order chi connectivity index (χ0) is 22.7. The van der Waals surface area contributed by atoms with Crippen LogP contribution in [0.5, 0.6) is 5.75 Å². The normalized spacial score (nSPS) is 13.3. The smallest absolute Gasteiger partial charge is 0.175 e. The molecule has 1 aromatic carbocycles. The largest absolute Gasteiger partial charge is 0.490 e. The SMILES string of the molecule is C#CCc1cc2c(cc1Sc1nc3c(N)ncnc3n1CCCNC(C)(C)C)OCCN2. The Morgan fingerprint density at radius 1 is 1.34 bits per heavy atom. The first-order valence-corrected chi connectivity index (χ1v) is 11.5. The van der Waals surface area contributed by atoms with E-state index in [9.17, 15) is 0 Å². The number of benzene rings is 1. The Bertz CT molecular complexity index is 1160. The highest BCUT2D eigenvalue weighted by atomic mass is 32.2. The number of aromatic nitrogens is 4. The number of fused-ring (bicyclic) bond motifs is 2. The molecular weight excluding hydrogens is 422 g/mol. The molecule has 8 nitrogen and oxygen atoms in total. The fraction of sp³-hybridized carbons (Fsp3) is 0.435. The number of aryl methyl sites for hydroxylation is 1. The standard InChI is InChI=1S/C23H29N7OS/c1-5-7-15-12-16-17(31-11-9-25-16)13-18(15)32-22-29-19-20(24)26-14-27-21(19)30(22)10-6-8-28-23(2,3)4/h1,12-14,25,28H,6-11H2,2-4H3,(H2,24,26,27). The number of hydrogen-bond acceptors (Lipinski definition) is 8. The Hall–Kier alpha value is -2.96. The van der Waals surface area contributed by atoms with Crippen molar-refractivity contribution in [1.29, 1.82) is 0 Å². The van der Waals surface area contributed by atoms with Gasteiger partial charge in [0.25, 0.3) is 0 Å². The highest BCUT2D eigenvalue weighted by molar-refractivity contribution is 7.99. The second-order valence-electron chi connectivity index (χ2n) is 8.72. The van der Waals surface area contributed by atoms with Crippen molar-refractivity contribution in [2.75, 3.05) is 30.7 Å². The van der Waals surface area contributed by atoms with Crippen molar-refractivity contribution < 1.29 is 4.74 Å². The molecular formula is C23H29N7OS. The third-order valence-electron chi connectivity index (χ3n) is 5.07. The van der Waals surface area contributed by atoms with E-state index in [1.54, 1.807) is 11.8 Å². The van der Waals surface area contributed by atoms with Crippen LogP contribution in [-0.4, -0.2) is 44.8 Å². The monoisotopic (exact) mass is 451 g/mol. The Labute approximate surface area is 192 Å². The van der Waals surface area contributed by atoms with Gasteiger partial charge in [-0.15, -0.1) is 12.3 Å². The van der Waals surface area contributed by atoms with Crippen molar-refractivity contribution in [2.24, 2.45) is 0 Å². The van der Waals surface area contributed by atoms with Gasteiger partial charge in [0.1, 0.15) is 18.7 Å². The highest BCUT2D eigenvalue weighted by Gasteiger charge is 2.20. The number of nitrogens with zero attached hydrogens (tertiary/aromatic N) is 4. The van der Waals surface area contributed by atoms with Crippen LogP contribution in [0.3, 0.4) is 0 Å². The summed E-state index contributed by atoms with van der Waals surface area (Å²) in [6, 6.07) is 4.11. The van der Waals surface area contributed by atoms with Crippen LogP contribution in [0, 0.1) is 12.3 Å². The van der Waals surface area contributed by atoms with Gasteiger partial charge in [0.2, 0.25) is 0 Å². The first-order valence-electron chi connectivity index (χ1n) is 10.7. The number of hydrogen-bond donors (Lipinski definition) is 3. The molecule has 0 bridgehead atoms. The predicted octanol–water partition coefficient (Wildman–Crippen LogP) is 3.32. The summed E-state index contributed by atoms with van der Waals surface area (Å²) in [6.45, 7) is 9.54. The van der Waals surface area contributed by atoms with Crippen LogP contribution in [0.25, 0.3) is 11.2 Å². The first-order chi connectivity index (χ1) is 15.4. The van der Waals surface area contributed by atoms with E-state index in [0.29, 0.717) is 24.4 Å². The molecule has 4 N–H and O–H groups in total. The molecule has 1 aliphatic heterocycles. The number of rotatable bonds is 7. The summed E-state index contributed by atoms with van der Waals surface area (Å²) in [6.07, 6.45) is 8.59. The molecule has 0 saturated carbocycles. The van der Waals surface area contributed by atoms with E-state index >= 15 is 0 Å². The molecule has 0 fully saturated rings. The zero-order valence-corrected chi connectivity index (χ0v) is 19.6. The predicted molar refractivity (Wildman–Crippen MR) is 129 cm³/mol. The summed E-state index contributed by atoms with van der Waals surface area (Å²) in [5, 5.41) is 7.71. The molecule has 32 heavy (non-hydrogen) atoms. The third-order valence-corrected chi connectivity index (χ3v) is 6.16. The molecule has 3 aromatic rings. The van der Waals surface area contributed by atoms with E-state index in [4.69, 9.17) is 21.9 Å². The molecule has 0 aliphatic carbocycles. The first kappa shape index (κ1) is 22.2. The zero-order valence-electron chi connectivity index (χ0n) is 18.7. The molecule has 168 valence electrons. The van der Waals surface area contributed by atoms with E-state index in [2.05, 4.69) is 57.9 Å². The van der Waals surface area contributed by atoms with Gasteiger partial charge in [0.15, 0.2) is 22.1 Å². The second-order valence-corrected chi connectivity index (χ2v) is 9.73. The lowest BCUT2D eigenvalue weighted by Crippen LogP contribution is -2.36.